The summed E-state index contributed by atoms with van der Waals surface area (Å²) in [5.41, 5.74) is 4.97. The highest BCUT2D eigenvalue weighted by atomic mass is 16.5. The molecule has 0 spiro atoms. The average molecular weight is 197 g/mol. The third-order valence-electron chi connectivity index (χ3n) is 1.68. The molecule has 5 heteroatoms. The molecule has 0 saturated heterocycles. The Morgan fingerprint density at radius 3 is 3.14 bits per heavy atom. The van der Waals surface area contributed by atoms with Gasteiger partial charge < -0.3 is 10.5 Å². The maximum Gasteiger partial charge on any atom is 0.220 e. The van der Waals surface area contributed by atoms with E-state index in [1.165, 1.54) is 0 Å². The van der Waals surface area contributed by atoms with Crippen LogP contribution in [0.15, 0.2) is 12.4 Å². The second-order valence-corrected chi connectivity index (χ2v) is 3.00. The van der Waals surface area contributed by atoms with Crippen LogP contribution in [0.1, 0.15) is 19.8 Å². The van der Waals surface area contributed by atoms with E-state index in [-0.39, 0.29) is 12.3 Å². The van der Waals surface area contributed by atoms with Gasteiger partial charge in [0.1, 0.15) is 0 Å². The Balaban J connectivity index is 2.32. The van der Waals surface area contributed by atoms with Gasteiger partial charge in [-0.1, -0.05) is 6.92 Å². The van der Waals surface area contributed by atoms with Gasteiger partial charge in [-0.25, -0.2) is 0 Å². The molecule has 1 aromatic rings. The van der Waals surface area contributed by atoms with E-state index in [2.05, 4.69) is 12.0 Å². The van der Waals surface area contributed by atoms with Crippen LogP contribution in [0.3, 0.4) is 0 Å². The molecule has 1 amide bonds. The maximum absolute atomic E-state index is 10.4. The van der Waals surface area contributed by atoms with Crippen molar-refractivity contribution < 1.29 is 9.53 Å². The van der Waals surface area contributed by atoms with E-state index in [0.29, 0.717) is 12.4 Å². The molecule has 1 rings (SSSR count). The summed E-state index contributed by atoms with van der Waals surface area (Å²) >= 11 is 0. The van der Waals surface area contributed by atoms with E-state index in [1.54, 1.807) is 10.9 Å². The third kappa shape index (κ3) is 3.47. The van der Waals surface area contributed by atoms with Gasteiger partial charge in [0.05, 0.1) is 25.4 Å². The quantitative estimate of drug-likeness (QED) is 0.723. The largest absolute Gasteiger partial charge is 0.490 e. The van der Waals surface area contributed by atoms with Crippen LogP contribution < -0.4 is 10.5 Å². The minimum Gasteiger partial charge on any atom is -0.490 e. The van der Waals surface area contributed by atoms with Crippen LogP contribution in [-0.4, -0.2) is 22.3 Å². The second-order valence-electron chi connectivity index (χ2n) is 3.00. The van der Waals surface area contributed by atoms with Crippen LogP contribution in [0, 0.1) is 0 Å². The predicted octanol–water partition coefficient (Wildman–Crippen LogP) is 0.547. The minimum atomic E-state index is -0.356. The first-order chi connectivity index (χ1) is 6.72. The number of aromatic nitrogens is 2. The van der Waals surface area contributed by atoms with Crippen molar-refractivity contribution in [1.29, 1.82) is 0 Å². The molecule has 14 heavy (non-hydrogen) atoms. The van der Waals surface area contributed by atoms with E-state index in [1.807, 2.05) is 6.20 Å². The SMILES string of the molecule is CCCn1cc(OCCC(N)=O)cn1. The molecule has 0 aliphatic carbocycles. The van der Waals surface area contributed by atoms with Crippen molar-refractivity contribution in [1.82, 2.24) is 9.78 Å². The summed E-state index contributed by atoms with van der Waals surface area (Å²) in [6.45, 7) is 3.27. The number of carbonyl (C=O) groups excluding carboxylic acids is 1. The predicted molar refractivity (Wildman–Crippen MR) is 51.8 cm³/mol. The lowest BCUT2D eigenvalue weighted by Crippen LogP contribution is -2.14. The monoisotopic (exact) mass is 197 g/mol. The summed E-state index contributed by atoms with van der Waals surface area (Å²) < 4.78 is 7.06. The van der Waals surface area contributed by atoms with Crippen molar-refractivity contribution >= 4 is 5.91 Å². The molecule has 0 saturated carbocycles. The number of rotatable bonds is 6. The summed E-state index contributed by atoms with van der Waals surface area (Å²) in [5.74, 6) is 0.325. The van der Waals surface area contributed by atoms with Crippen molar-refractivity contribution in [2.45, 2.75) is 26.3 Å². The van der Waals surface area contributed by atoms with Crippen molar-refractivity contribution in [3.63, 3.8) is 0 Å². The highest BCUT2D eigenvalue weighted by Crippen LogP contribution is 2.08. The van der Waals surface area contributed by atoms with Gasteiger partial charge >= 0.3 is 0 Å². The molecule has 0 bridgehead atoms. The Morgan fingerprint density at radius 1 is 1.71 bits per heavy atom. The third-order valence-corrected chi connectivity index (χ3v) is 1.68. The topological polar surface area (TPSA) is 70.1 Å². The van der Waals surface area contributed by atoms with Gasteiger partial charge in [0.25, 0.3) is 0 Å². The Hall–Kier alpha value is -1.52. The fourth-order valence-electron chi connectivity index (χ4n) is 1.04. The summed E-state index contributed by atoms with van der Waals surface area (Å²) in [7, 11) is 0. The number of amides is 1. The number of aryl methyl sites for hydroxylation is 1. The van der Waals surface area contributed by atoms with Gasteiger partial charge in [0.2, 0.25) is 5.91 Å². The smallest absolute Gasteiger partial charge is 0.220 e. The van der Waals surface area contributed by atoms with Crippen molar-refractivity contribution in [3.05, 3.63) is 12.4 Å². The van der Waals surface area contributed by atoms with E-state index < -0.39 is 0 Å². The van der Waals surface area contributed by atoms with Crippen LogP contribution in [0.2, 0.25) is 0 Å². The zero-order valence-electron chi connectivity index (χ0n) is 8.27. The molecule has 0 aromatic carbocycles. The minimum absolute atomic E-state index is 0.235. The highest BCUT2D eigenvalue weighted by Gasteiger charge is 1.99. The van der Waals surface area contributed by atoms with Gasteiger partial charge in [-0.3, -0.25) is 9.48 Å². The zero-order chi connectivity index (χ0) is 10.4. The van der Waals surface area contributed by atoms with E-state index >= 15 is 0 Å². The van der Waals surface area contributed by atoms with Crippen LogP contribution in [0.5, 0.6) is 5.75 Å². The van der Waals surface area contributed by atoms with Crippen LogP contribution >= 0.6 is 0 Å². The van der Waals surface area contributed by atoms with E-state index in [9.17, 15) is 4.79 Å². The zero-order valence-corrected chi connectivity index (χ0v) is 8.27. The van der Waals surface area contributed by atoms with Crippen LogP contribution in [-0.2, 0) is 11.3 Å². The van der Waals surface area contributed by atoms with Gasteiger partial charge in [-0.2, -0.15) is 5.10 Å². The van der Waals surface area contributed by atoms with Crippen LogP contribution in [0.4, 0.5) is 0 Å². The number of nitrogens with zero attached hydrogens (tertiary/aromatic N) is 2. The number of carbonyl (C=O) groups is 1. The molecule has 5 nitrogen and oxygen atoms in total. The standard InChI is InChI=1S/C9H15N3O2/c1-2-4-12-7-8(6-11-12)14-5-3-9(10)13/h6-7H,2-5H2,1H3,(H2,10,13). The van der Waals surface area contributed by atoms with Crippen LogP contribution in [0.25, 0.3) is 0 Å². The summed E-state index contributed by atoms with van der Waals surface area (Å²) in [6, 6.07) is 0. The highest BCUT2D eigenvalue weighted by molar-refractivity contribution is 5.73. The normalized spacial score (nSPS) is 10.1. The van der Waals surface area contributed by atoms with Gasteiger partial charge in [-0.05, 0) is 6.42 Å². The summed E-state index contributed by atoms with van der Waals surface area (Å²) in [6.07, 6.45) is 4.71. The molecule has 0 atom stereocenters. The Morgan fingerprint density at radius 2 is 2.50 bits per heavy atom. The van der Waals surface area contributed by atoms with Gasteiger partial charge in [0.15, 0.2) is 5.75 Å². The van der Waals surface area contributed by atoms with Gasteiger partial charge in [0, 0.05) is 6.54 Å². The molecule has 0 fully saturated rings. The molecular weight excluding hydrogens is 182 g/mol. The molecule has 1 aromatic heterocycles. The van der Waals surface area contributed by atoms with Crippen molar-refractivity contribution in [2.75, 3.05) is 6.61 Å². The number of hydrogen-bond donors (Lipinski definition) is 1. The fourth-order valence-corrected chi connectivity index (χ4v) is 1.04. The first-order valence-electron chi connectivity index (χ1n) is 4.66. The first-order valence-corrected chi connectivity index (χ1v) is 4.66. The van der Waals surface area contributed by atoms with Crippen molar-refractivity contribution in [3.8, 4) is 5.75 Å². The average Bonchev–Trinajstić information content (AvgIpc) is 2.53. The molecular formula is C9H15N3O2. The van der Waals surface area contributed by atoms with Gasteiger partial charge in [-0.15, -0.1) is 0 Å². The molecule has 2 N–H and O–H groups in total. The maximum atomic E-state index is 10.4. The lowest BCUT2D eigenvalue weighted by atomic mass is 10.4. The second kappa shape index (κ2) is 5.26. The molecule has 0 radical (unpaired) electrons. The van der Waals surface area contributed by atoms with Crippen molar-refractivity contribution in [2.24, 2.45) is 5.73 Å². The Kier molecular flexibility index (Phi) is 3.97. The fraction of sp³-hybridized carbons (Fsp3) is 0.556. The lowest BCUT2D eigenvalue weighted by molar-refractivity contribution is -0.118. The Bertz CT molecular complexity index is 296. The number of primary amides is 1. The molecule has 0 aliphatic heterocycles. The Labute approximate surface area is 82.8 Å². The summed E-state index contributed by atoms with van der Waals surface area (Å²) in [4.78, 5) is 10.4. The number of nitrogens with two attached hydrogens (primary N) is 1. The molecule has 78 valence electrons. The molecule has 0 aliphatic rings. The summed E-state index contributed by atoms with van der Waals surface area (Å²) in [5, 5.41) is 4.08. The lowest BCUT2D eigenvalue weighted by Gasteiger charge is -1.99. The van der Waals surface area contributed by atoms with E-state index in [4.69, 9.17) is 10.5 Å². The van der Waals surface area contributed by atoms with E-state index in [0.717, 1.165) is 13.0 Å². The number of hydrogen-bond acceptors (Lipinski definition) is 3. The molecule has 1 heterocycles. The molecule has 0 unspecified atom stereocenters. The number of ether oxygens (including phenoxy) is 1. The first kappa shape index (κ1) is 10.6.